The first-order valence-electron chi connectivity index (χ1n) is 11.4. The highest BCUT2D eigenvalue weighted by molar-refractivity contribution is 9.10. The Morgan fingerprint density at radius 3 is 2.39 bits per heavy atom. The zero-order chi connectivity index (χ0) is 26.5. The topological polar surface area (TPSA) is 115 Å². The Bertz CT molecular complexity index is 1060. The highest BCUT2D eigenvalue weighted by Crippen LogP contribution is 2.24. The molecule has 0 aliphatic carbocycles. The molecular weight excluding hydrogens is 550 g/mol. The van der Waals surface area contributed by atoms with Gasteiger partial charge < -0.3 is 14.2 Å². The number of nitrogens with one attached hydrogen (secondary N) is 3. The number of ether oxygens (including phenoxy) is 3. The lowest BCUT2D eigenvalue weighted by Gasteiger charge is -2.14. The van der Waals surface area contributed by atoms with Crippen LogP contribution in [0.25, 0.3) is 0 Å². The molecule has 0 aliphatic heterocycles. The predicted octanol–water partition coefficient (Wildman–Crippen LogP) is 4.16. The van der Waals surface area contributed by atoms with E-state index in [0.29, 0.717) is 46.2 Å². The van der Waals surface area contributed by atoms with Gasteiger partial charge >= 0.3 is 5.97 Å². The first-order valence-corrected chi connectivity index (χ1v) is 12.6. The van der Waals surface area contributed by atoms with E-state index in [1.54, 1.807) is 42.5 Å². The van der Waals surface area contributed by atoms with Crippen LogP contribution in [0, 0.1) is 5.92 Å². The van der Waals surface area contributed by atoms with Crippen LogP contribution >= 0.6 is 28.1 Å². The van der Waals surface area contributed by atoms with Crippen LogP contribution in [0.3, 0.4) is 0 Å². The van der Waals surface area contributed by atoms with Crippen molar-refractivity contribution in [1.29, 1.82) is 0 Å². The summed E-state index contributed by atoms with van der Waals surface area (Å²) in [5.74, 6) is -0.141. The van der Waals surface area contributed by atoms with Crippen molar-refractivity contribution in [1.82, 2.24) is 16.2 Å². The molecular formula is C25H30BrN3O6S. The number of thiocarbonyl (C=S) groups is 1. The van der Waals surface area contributed by atoms with E-state index in [2.05, 4.69) is 45.9 Å². The molecule has 36 heavy (non-hydrogen) atoms. The Balaban J connectivity index is 1.80. The van der Waals surface area contributed by atoms with Gasteiger partial charge in [-0.05, 0) is 73.4 Å². The lowest BCUT2D eigenvalue weighted by atomic mass is 10.1. The maximum Gasteiger partial charge on any atom is 0.338 e. The van der Waals surface area contributed by atoms with Gasteiger partial charge in [0.1, 0.15) is 11.5 Å². The standard InChI is InChI=1S/C25H30BrN3O6S/c1-4-12-34-24(32)17-5-8-19(9-6-17)35-15-22(30)28-29-25(36)27-23(31)20-14-18(26)7-10-21(20)33-13-11-16(2)3/h5-10,14,16H,4,11-13,15H2,1-3H3,(H,28,30)(H2,27,29,31,36). The highest BCUT2D eigenvalue weighted by atomic mass is 79.9. The average molecular weight is 581 g/mol. The van der Waals surface area contributed by atoms with Gasteiger partial charge in [0.25, 0.3) is 11.8 Å². The van der Waals surface area contributed by atoms with Crippen LogP contribution in [0.15, 0.2) is 46.9 Å². The summed E-state index contributed by atoms with van der Waals surface area (Å²) in [6, 6.07) is 11.3. The molecule has 0 saturated carbocycles. The number of carbonyl (C=O) groups is 3. The van der Waals surface area contributed by atoms with Gasteiger partial charge in [-0.3, -0.25) is 25.8 Å². The van der Waals surface area contributed by atoms with Crippen LogP contribution in [-0.4, -0.2) is 42.7 Å². The van der Waals surface area contributed by atoms with Gasteiger partial charge in [-0.15, -0.1) is 0 Å². The molecule has 0 saturated heterocycles. The van der Waals surface area contributed by atoms with E-state index in [4.69, 9.17) is 26.4 Å². The zero-order valence-electron chi connectivity index (χ0n) is 20.4. The van der Waals surface area contributed by atoms with E-state index >= 15 is 0 Å². The molecule has 0 unspecified atom stereocenters. The van der Waals surface area contributed by atoms with Crippen LogP contribution in [0.2, 0.25) is 0 Å². The number of hydrogen-bond acceptors (Lipinski definition) is 7. The Labute approximate surface area is 224 Å². The minimum absolute atomic E-state index is 0.101. The molecule has 2 aromatic carbocycles. The van der Waals surface area contributed by atoms with E-state index in [-0.39, 0.29) is 11.7 Å². The normalized spacial score (nSPS) is 10.4. The van der Waals surface area contributed by atoms with Gasteiger partial charge in [0, 0.05) is 4.47 Å². The Hall–Kier alpha value is -3.18. The van der Waals surface area contributed by atoms with Gasteiger partial charge in [0.2, 0.25) is 0 Å². The van der Waals surface area contributed by atoms with Crippen molar-refractivity contribution >= 4 is 51.0 Å². The second kappa shape index (κ2) is 15.0. The van der Waals surface area contributed by atoms with E-state index in [0.717, 1.165) is 12.8 Å². The summed E-state index contributed by atoms with van der Waals surface area (Å²) >= 11 is 8.45. The molecule has 0 fully saturated rings. The third kappa shape index (κ3) is 10.2. The van der Waals surface area contributed by atoms with Crippen LogP contribution in [0.5, 0.6) is 11.5 Å². The Kier molecular flexibility index (Phi) is 12.1. The highest BCUT2D eigenvalue weighted by Gasteiger charge is 2.15. The summed E-state index contributed by atoms with van der Waals surface area (Å²) in [4.78, 5) is 36.6. The summed E-state index contributed by atoms with van der Waals surface area (Å²) in [5, 5.41) is 2.40. The number of carbonyl (C=O) groups excluding carboxylic acids is 3. The summed E-state index contributed by atoms with van der Waals surface area (Å²) in [7, 11) is 0. The Morgan fingerprint density at radius 2 is 1.72 bits per heavy atom. The SMILES string of the molecule is CCCOC(=O)c1ccc(OCC(=O)NNC(=S)NC(=O)c2cc(Br)ccc2OCCC(C)C)cc1. The van der Waals surface area contributed by atoms with Crippen LogP contribution in [-0.2, 0) is 9.53 Å². The molecule has 0 bridgehead atoms. The molecule has 194 valence electrons. The van der Waals surface area contributed by atoms with Gasteiger partial charge in [-0.2, -0.15) is 0 Å². The van der Waals surface area contributed by atoms with E-state index in [1.165, 1.54) is 0 Å². The van der Waals surface area contributed by atoms with Crippen molar-refractivity contribution in [2.45, 2.75) is 33.6 Å². The van der Waals surface area contributed by atoms with Gasteiger partial charge in [-0.1, -0.05) is 36.7 Å². The number of benzene rings is 2. The minimum Gasteiger partial charge on any atom is -0.493 e. The zero-order valence-corrected chi connectivity index (χ0v) is 22.8. The smallest absolute Gasteiger partial charge is 0.338 e. The van der Waals surface area contributed by atoms with Crippen molar-refractivity contribution in [3.63, 3.8) is 0 Å². The van der Waals surface area contributed by atoms with Crippen molar-refractivity contribution < 1.29 is 28.6 Å². The second-order valence-electron chi connectivity index (χ2n) is 8.08. The first kappa shape index (κ1) is 29.1. The minimum atomic E-state index is -0.529. The van der Waals surface area contributed by atoms with Crippen molar-refractivity contribution in [2.24, 2.45) is 5.92 Å². The lowest BCUT2D eigenvalue weighted by molar-refractivity contribution is -0.123. The molecule has 0 spiro atoms. The molecule has 9 nitrogen and oxygen atoms in total. The molecule has 0 aliphatic rings. The number of amides is 2. The van der Waals surface area contributed by atoms with Crippen LogP contribution in [0.4, 0.5) is 0 Å². The predicted molar refractivity (Wildman–Crippen MR) is 143 cm³/mol. The molecule has 0 radical (unpaired) electrons. The number of esters is 1. The fourth-order valence-electron chi connectivity index (χ4n) is 2.69. The van der Waals surface area contributed by atoms with Crippen molar-refractivity contribution in [3.8, 4) is 11.5 Å². The molecule has 2 aromatic rings. The molecule has 2 amide bonds. The summed E-state index contributed by atoms with van der Waals surface area (Å²) in [6.45, 7) is 6.60. The number of hydrogen-bond donors (Lipinski definition) is 3. The maximum atomic E-state index is 12.7. The number of halogens is 1. The number of rotatable bonds is 11. The monoisotopic (exact) mass is 579 g/mol. The second-order valence-corrected chi connectivity index (χ2v) is 9.40. The quantitative estimate of drug-likeness (QED) is 0.206. The molecule has 11 heteroatoms. The molecule has 0 atom stereocenters. The summed E-state index contributed by atoms with van der Waals surface area (Å²) in [6.07, 6.45) is 1.59. The maximum absolute atomic E-state index is 12.7. The van der Waals surface area contributed by atoms with Gasteiger partial charge in [-0.25, -0.2) is 4.79 Å². The van der Waals surface area contributed by atoms with Crippen molar-refractivity contribution in [2.75, 3.05) is 19.8 Å². The van der Waals surface area contributed by atoms with Crippen LogP contribution in [0.1, 0.15) is 54.3 Å². The van der Waals surface area contributed by atoms with E-state index in [1.807, 2.05) is 6.92 Å². The fourth-order valence-corrected chi connectivity index (χ4v) is 3.19. The molecule has 3 N–H and O–H groups in total. The van der Waals surface area contributed by atoms with Gasteiger partial charge in [0.15, 0.2) is 11.7 Å². The van der Waals surface area contributed by atoms with Crippen LogP contribution < -0.4 is 25.6 Å². The largest absolute Gasteiger partial charge is 0.493 e. The third-order valence-corrected chi connectivity index (χ3v) is 5.28. The molecule has 0 aromatic heterocycles. The Morgan fingerprint density at radius 1 is 1.00 bits per heavy atom. The molecule has 2 rings (SSSR count). The average Bonchev–Trinajstić information content (AvgIpc) is 2.85. The van der Waals surface area contributed by atoms with Crippen molar-refractivity contribution in [3.05, 3.63) is 58.1 Å². The van der Waals surface area contributed by atoms with Gasteiger partial charge in [0.05, 0.1) is 24.3 Å². The first-order chi connectivity index (χ1) is 17.2. The molecule has 0 heterocycles. The van der Waals surface area contributed by atoms with E-state index < -0.39 is 17.8 Å². The lowest BCUT2D eigenvalue weighted by Crippen LogP contribution is -2.49. The summed E-state index contributed by atoms with van der Waals surface area (Å²) < 4.78 is 16.9. The number of hydrazine groups is 1. The van der Waals surface area contributed by atoms with E-state index in [9.17, 15) is 14.4 Å². The third-order valence-electron chi connectivity index (χ3n) is 4.58. The fraction of sp³-hybridized carbons (Fsp3) is 0.360. The summed E-state index contributed by atoms with van der Waals surface area (Å²) in [5.41, 5.74) is 5.50.